The third-order valence-electron chi connectivity index (χ3n) is 3.33. The first kappa shape index (κ1) is 16.5. The van der Waals surface area contributed by atoms with Crippen molar-refractivity contribution < 1.29 is 21.7 Å². The van der Waals surface area contributed by atoms with E-state index in [1.807, 2.05) is 0 Å². The topological polar surface area (TPSA) is 72.9 Å². The van der Waals surface area contributed by atoms with Gasteiger partial charge in [-0.25, -0.2) is 17.2 Å². The Morgan fingerprint density at radius 3 is 2.12 bits per heavy atom. The molecule has 0 spiro atoms. The minimum absolute atomic E-state index is 0.0607. The van der Waals surface area contributed by atoms with Gasteiger partial charge in [-0.3, -0.25) is 0 Å². The molecule has 0 aliphatic carbocycles. The second-order valence-corrected chi connectivity index (χ2v) is 7.93. The molecule has 0 bridgehead atoms. The number of aromatic nitrogens is 2. The average molecular weight is 369 g/mol. The molecule has 2 aromatic carbocycles. The molecule has 0 saturated carbocycles. The predicted octanol–water partition coefficient (Wildman–Crippen LogP) is 3.01. The summed E-state index contributed by atoms with van der Waals surface area (Å²) in [7, 11) is -3.34. The lowest BCUT2D eigenvalue weighted by Gasteiger charge is -2.01. The third-order valence-corrected chi connectivity index (χ3v) is 5.35. The van der Waals surface area contributed by atoms with Crippen molar-refractivity contribution in [1.82, 2.24) is 4.49 Å². The summed E-state index contributed by atoms with van der Waals surface area (Å²) in [5, 5.41) is 0. The van der Waals surface area contributed by atoms with Crippen molar-refractivity contribution in [2.45, 2.75) is 4.90 Å². The Balaban J connectivity index is 2.16. The number of rotatable bonds is 3. The summed E-state index contributed by atoms with van der Waals surface area (Å²) < 4.78 is 52.8. The van der Waals surface area contributed by atoms with E-state index in [9.17, 15) is 22.1 Å². The number of hydrogen-bond acceptors (Lipinski definition) is 4. The monoisotopic (exact) mass is 369 g/mol. The van der Waals surface area contributed by atoms with E-state index in [1.165, 1.54) is 24.3 Å². The molecule has 0 amide bonds. The number of benzene rings is 2. The fourth-order valence-electron chi connectivity index (χ4n) is 2.26. The normalized spacial score (nSPS) is 11.6. The number of halogens is 2. The zero-order valence-electron chi connectivity index (χ0n) is 12.3. The molecule has 1 aromatic heterocycles. The van der Waals surface area contributed by atoms with Gasteiger partial charge in [0.05, 0.1) is 15.4 Å². The van der Waals surface area contributed by atoms with E-state index in [0.29, 0.717) is 15.0 Å². The molecule has 124 valence electrons. The summed E-state index contributed by atoms with van der Waals surface area (Å²) in [5.41, 5.74) is 0.700. The Morgan fingerprint density at radius 2 is 1.58 bits per heavy atom. The molecule has 0 unspecified atom stereocenters. The Morgan fingerprint density at radius 1 is 1.00 bits per heavy atom. The van der Waals surface area contributed by atoms with Gasteiger partial charge in [-0.1, -0.05) is 16.6 Å². The number of H-pyrrole nitrogens is 1. The van der Waals surface area contributed by atoms with E-state index in [2.05, 4.69) is 4.49 Å². The van der Waals surface area contributed by atoms with Crippen LogP contribution in [0.3, 0.4) is 0 Å². The smallest absolute Gasteiger partial charge is 0.224 e. The van der Waals surface area contributed by atoms with Gasteiger partial charge >= 0.3 is 5.69 Å². The van der Waals surface area contributed by atoms with Gasteiger partial charge in [0.1, 0.15) is 16.5 Å². The predicted molar refractivity (Wildman–Crippen MR) is 85.9 cm³/mol. The minimum atomic E-state index is -3.34. The SMILES string of the molecule is CS(=O)(=O)c1ccc(-c2s[nH][n+](=O)c2-c2cc(F)cc(F)c2)cc1. The maximum Gasteiger partial charge on any atom is 0.319 e. The first-order chi connectivity index (χ1) is 11.3. The number of nitrogens with zero attached hydrogens (tertiary/aromatic N) is 1. The minimum Gasteiger partial charge on any atom is -0.224 e. The lowest BCUT2D eigenvalue weighted by Crippen LogP contribution is -2.17. The molecule has 5 nitrogen and oxygen atoms in total. The van der Waals surface area contributed by atoms with E-state index < -0.39 is 21.5 Å². The molecule has 3 rings (SSSR count). The van der Waals surface area contributed by atoms with Gasteiger partial charge in [-0.05, 0) is 24.3 Å². The van der Waals surface area contributed by atoms with Crippen LogP contribution in [0.2, 0.25) is 0 Å². The van der Waals surface area contributed by atoms with Crippen LogP contribution in [0.15, 0.2) is 47.4 Å². The van der Waals surface area contributed by atoms with Gasteiger partial charge in [0.15, 0.2) is 14.4 Å². The van der Waals surface area contributed by atoms with Crippen molar-refractivity contribution in [3.63, 3.8) is 0 Å². The van der Waals surface area contributed by atoms with Crippen LogP contribution in [0.4, 0.5) is 8.78 Å². The van der Waals surface area contributed by atoms with Gasteiger partial charge in [-0.2, -0.15) is 0 Å². The van der Waals surface area contributed by atoms with Gasteiger partial charge in [0, 0.05) is 29.4 Å². The van der Waals surface area contributed by atoms with E-state index in [0.717, 1.165) is 36.0 Å². The van der Waals surface area contributed by atoms with E-state index >= 15 is 0 Å². The van der Waals surface area contributed by atoms with Crippen LogP contribution >= 0.6 is 11.5 Å². The zero-order valence-corrected chi connectivity index (χ0v) is 13.9. The van der Waals surface area contributed by atoms with Crippen LogP contribution in [0, 0.1) is 16.5 Å². The third kappa shape index (κ3) is 3.13. The molecule has 0 atom stereocenters. The fourth-order valence-corrected chi connectivity index (χ4v) is 3.71. The highest BCUT2D eigenvalue weighted by atomic mass is 32.2. The van der Waals surface area contributed by atoms with Crippen molar-refractivity contribution in [2.24, 2.45) is 0 Å². The van der Waals surface area contributed by atoms with Crippen LogP contribution in [0.5, 0.6) is 0 Å². The average Bonchev–Trinajstić information content (AvgIpc) is 2.87. The van der Waals surface area contributed by atoms with E-state index in [4.69, 9.17) is 0 Å². The van der Waals surface area contributed by atoms with Crippen LogP contribution in [-0.4, -0.2) is 19.2 Å². The zero-order chi connectivity index (χ0) is 17.5. The summed E-state index contributed by atoms with van der Waals surface area (Å²) >= 11 is 0.980. The number of sulfone groups is 1. The van der Waals surface area contributed by atoms with Crippen LogP contribution in [0.1, 0.15) is 0 Å². The molecule has 1 N–H and O–H groups in total. The molecular weight excluding hydrogens is 358 g/mol. The van der Waals surface area contributed by atoms with Crippen molar-refractivity contribution in [2.75, 3.05) is 6.26 Å². The second-order valence-electron chi connectivity index (χ2n) is 5.12. The summed E-state index contributed by atoms with van der Waals surface area (Å²) in [4.78, 5) is 12.6. The van der Waals surface area contributed by atoms with Gasteiger partial charge in [0.25, 0.3) is 0 Å². The summed E-state index contributed by atoms with van der Waals surface area (Å²) in [5.74, 6) is -1.59. The molecule has 0 fully saturated rings. The Labute approximate surface area is 139 Å². The van der Waals surface area contributed by atoms with Gasteiger partial charge in [0.2, 0.25) is 0 Å². The number of aromatic amines is 1. The summed E-state index contributed by atoms with van der Waals surface area (Å²) in [6.45, 7) is 0. The van der Waals surface area contributed by atoms with Crippen molar-refractivity contribution in [1.29, 1.82) is 0 Å². The summed E-state index contributed by atoms with van der Waals surface area (Å²) in [6, 6.07) is 8.73. The van der Waals surface area contributed by atoms with Crippen molar-refractivity contribution in [3.05, 3.63) is 59.0 Å². The Hall–Kier alpha value is -2.39. The Kier molecular flexibility index (Phi) is 4.06. The standard InChI is InChI=1S/C15H11F2N2O3S2/c1-24(21,22)13-4-2-9(3-5-13)15-14(19(20)18-23-15)10-6-11(16)8-12(17)7-10/h2-8H,1H3,(H,18,20)/q+1. The molecular formula is C15H11F2N2O3S2+. The molecule has 0 aliphatic rings. The molecule has 9 heteroatoms. The highest BCUT2D eigenvalue weighted by Crippen LogP contribution is 2.33. The van der Waals surface area contributed by atoms with E-state index in [1.54, 1.807) is 0 Å². The van der Waals surface area contributed by atoms with Gasteiger partial charge in [-0.15, -0.1) is 0 Å². The maximum absolute atomic E-state index is 13.4. The van der Waals surface area contributed by atoms with E-state index in [-0.39, 0.29) is 16.2 Å². The molecule has 0 aliphatic heterocycles. The second kappa shape index (κ2) is 5.91. The first-order valence-corrected chi connectivity index (χ1v) is 9.37. The largest absolute Gasteiger partial charge is 0.319 e. The fraction of sp³-hybridized carbons (Fsp3) is 0.0667. The summed E-state index contributed by atoms with van der Waals surface area (Å²) in [6.07, 6.45) is 1.09. The molecule has 0 radical (unpaired) electrons. The molecule has 1 heterocycles. The highest BCUT2D eigenvalue weighted by Gasteiger charge is 2.25. The lowest BCUT2D eigenvalue weighted by molar-refractivity contribution is -0.542. The number of hydrogen-bond donors (Lipinski definition) is 1. The Bertz CT molecular complexity index is 1050. The molecule has 3 aromatic rings. The van der Waals surface area contributed by atoms with Crippen LogP contribution in [0.25, 0.3) is 21.7 Å². The molecule has 24 heavy (non-hydrogen) atoms. The quantitative estimate of drug-likeness (QED) is 0.722. The van der Waals surface area contributed by atoms with Gasteiger partial charge < -0.3 is 0 Å². The lowest BCUT2D eigenvalue weighted by atomic mass is 10.1. The van der Waals surface area contributed by atoms with Crippen molar-refractivity contribution in [3.8, 4) is 21.7 Å². The van der Waals surface area contributed by atoms with Crippen molar-refractivity contribution >= 4 is 21.4 Å². The maximum atomic E-state index is 13.4. The first-order valence-electron chi connectivity index (χ1n) is 6.67. The van der Waals surface area contributed by atoms with Crippen LogP contribution in [-0.2, 0) is 9.84 Å². The number of nitrogens with one attached hydrogen (secondary N) is 1. The molecule has 0 saturated heterocycles. The highest BCUT2D eigenvalue weighted by molar-refractivity contribution is 7.90. The van der Waals surface area contributed by atoms with Crippen LogP contribution < -0.4 is 4.54 Å².